The van der Waals surface area contributed by atoms with E-state index in [1.807, 2.05) is 23.6 Å². The number of nitrogens with one attached hydrogen (secondary N) is 2. The largest absolute Gasteiger partial charge is 0.381 e. The van der Waals surface area contributed by atoms with E-state index in [1.165, 1.54) is 9.75 Å². The molecular formula is C40H70N8O5S2. The summed E-state index contributed by atoms with van der Waals surface area (Å²) in [6.45, 7) is 26.1. The Bertz CT molecular complexity index is 1500. The minimum Gasteiger partial charge on any atom is -0.381 e. The van der Waals surface area contributed by atoms with Crippen LogP contribution >= 0.6 is 22.7 Å². The molecule has 4 amide bonds. The fourth-order valence-corrected chi connectivity index (χ4v) is 9.15. The first-order valence-corrected chi connectivity index (χ1v) is 21.4. The van der Waals surface area contributed by atoms with Crippen molar-refractivity contribution in [2.24, 2.45) is 11.8 Å². The summed E-state index contributed by atoms with van der Waals surface area (Å²) in [4.78, 5) is 54.5. The monoisotopic (exact) mass is 806 g/mol. The Morgan fingerprint density at radius 1 is 0.691 bits per heavy atom. The minimum absolute atomic E-state index is 0. The van der Waals surface area contributed by atoms with Gasteiger partial charge < -0.3 is 35.2 Å². The van der Waals surface area contributed by atoms with Crippen molar-refractivity contribution in [3.05, 3.63) is 21.1 Å². The number of hydrogen-bond donors (Lipinski definition) is 3. The molecule has 0 spiro atoms. The number of aryl methyl sites for hydroxylation is 2. The summed E-state index contributed by atoms with van der Waals surface area (Å²) in [5.74, 6) is 0.859. The Kier molecular flexibility index (Phi) is 18.3. The van der Waals surface area contributed by atoms with Gasteiger partial charge in [-0.3, -0.25) is 14.9 Å². The Balaban J connectivity index is 0.000000251. The van der Waals surface area contributed by atoms with Crippen molar-refractivity contribution in [1.82, 2.24) is 30.0 Å². The number of thiazole rings is 2. The SMILES string of the molecule is C.Cc1nc(N)sc1C(C)(C)C.Cc1nc(NC(=O)N2CCCN(C(=O)C3CCOCC3)CC2)sc1C(C)(C)C.O=C(C1CCOCC1)N1CCCNCC1. The van der Waals surface area contributed by atoms with Crippen LogP contribution in [0.1, 0.15) is 109 Å². The summed E-state index contributed by atoms with van der Waals surface area (Å²) in [7, 11) is 0. The summed E-state index contributed by atoms with van der Waals surface area (Å²) in [5, 5.41) is 7.59. The van der Waals surface area contributed by atoms with Crippen LogP contribution in [-0.4, -0.2) is 121 Å². The summed E-state index contributed by atoms with van der Waals surface area (Å²) in [5.41, 5.74) is 7.81. The highest BCUT2D eigenvalue weighted by molar-refractivity contribution is 7.16. The second kappa shape index (κ2) is 21.6. The molecule has 0 atom stereocenters. The quantitative estimate of drug-likeness (QED) is 0.318. The maximum atomic E-state index is 12.8. The molecule has 4 aliphatic rings. The Labute approximate surface area is 338 Å². The zero-order valence-electron chi connectivity index (χ0n) is 34.1. The number of rotatable bonds is 3. The number of anilines is 2. The number of nitrogens with zero attached hydrogens (tertiary/aromatic N) is 5. The summed E-state index contributed by atoms with van der Waals surface area (Å²) >= 11 is 3.13. The molecule has 4 aliphatic heterocycles. The fourth-order valence-electron chi connectivity index (χ4n) is 7.24. The van der Waals surface area contributed by atoms with Crippen molar-refractivity contribution in [1.29, 1.82) is 0 Å². The molecule has 4 fully saturated rings. The molecule has 6 rings (SSSR count). The van der Waals surface area contributed by atoms with Crippen LogP contribution in [0.2, 0.25) is 0 Å². The van der Waals surface area contributed by atoms with Crippen LogP contribution in [0.3, 0.4) is 0 Å². The molecular weight excluding hydrogens is 737 g/mol. The van der Waals surface area contributed by atoms with Gasteiger partial charge in [0.2, 0.25) is 11.8 Å². The summed E-state index contributed by atoms with van der Waals surface area (Å²) in [6.07, 6.45) is 5.30. The lowest BCUT2D eigenvalue weighted by Gasteiger charge is -2.28. The standard InChI is InChI=1S/C20H32N4O3S.C11H20N2O2.C8H14N2S.CH4/c1-14-16(20(2,3)4)28-18(21-14)22-19(26)24-9-5-8-23(10-11-24)17(25)15-6-12-27-13-7-15;14-11(10-2-8-15-9-3-10)13-6-1-4-12-5-7-13;1-5-6(8(2,3)4)11-7(9)10-5;/h15H,5-13H2,1-4H3,(H,21,22,26);10,12H,1-9H2;1-4H3,(H2,9,10);1H4. The Hall–Kier alpha value is -2.85. The van der Waals surface area contributed by atoms with E-state index < -0.39 is 0 Å². The van der Waals surface area contributed by atoms with Crippen LogP contribution in [0.25, 0.3) is 0 Å². The van der Waals surface area contributed by atoms with E-state index in [4.69, 9.17) is 15.2 Å². The first kappa shape index (κ1) is 46.5. The third-order valence-corrected chi connectivity index (χ3v) is 13.0. The number of nitrogens with two attached hydrogens (primary N) is 1. The van der Waals surface area contributed by atoms with Crippen LogP contribution in [0, 0.1) is 25.7 Å². The first-order chi connectivity index (χ1) is 25.5. The molecule has 0 radical (unpaired) electrons. The number of carbonyl (C=O) groups is 3. The third kappa shape index (κ3) is 14.2. The van der Waals surface area contributed by atoms with E-state index in [9.17, 15) is 14.4 Å². The lowest BCUT2D eigenvalue weighted by Crippen LogP contribution is -2.42. The molecule has 0 aliphatic carbocycles. The van der Waals surface area contributed by atoms with E-state index in [1.54, 1.807) is 27.6 Å². The highest BCUT2D eigenvalue weighted by atomic mass is 32.1. The van der Waals surface area contributed by atoms with Gasteiger partial charge in [-0.25, -0.2) is 14.8 Å². The lowest BCUT2D eigenvalue weighted by atomic mass is 9.93. The zero-order chi connectivity index (χ0) is 39.5. The van der Waals surface area contributed by atoms with Gasteiger partial charge in [0.1, 0.15) is 0 Å². The molecule has 0 saturated carbocycles. The van der Waals surface area contributed by atoms with Crippen molar-refractivity contribution in [3.63, 3.8) is 0 Å². The second-order valence-corrected chi connectivity index (χ2v) is 18.7. The van der Waals surface area contributed by atoms with Crippen molar-refractivity contribution in [2.45, 2.75) is 112 Å². The Morgan fingerprint density at radius 2 is 1.16 bits per heavy atom. The molecule has 0 unspecified atom stereocenters. The van der Waals surface area contributed by atoms with Gasteiger partial charge in [0.05, 0.1) is 11.4 Å². The number of aromatic nitrogens is 2. The maximum Gasteiger partial charge on any atom is 0.323 e. The number of amides is 4. The van der Waals surface area contributed by atoms with Gasteiger partial charge >= 0.3 is 6.03 Å². The van der Waals surface area contributed by atoms with Gasteiger partial charge in [0.15, 0.2) is 10.3 Å². The topological polar surface area (TPSA) is 155 Å². The lowest BCUT2D eigenvalue weighted by molar-refractivity contribution is -0.139. The van der Waals surface area contributed by atoms with E-state index >= 15 is 0 Å². The van der Waals surface area contributed by atoms with E-state index in [-0.39, 0.29) is 42.0 Å². The highest BCUT2D eigenvalue weighted by Gasteiger charge is 2.30. The normalized spacial score (nSPS) is 19.1. The average molecular weight is 807 g/mol. The molecule has 0 bridgehead atoms. The molecule has 4 N–H and O–H groups in total. The second-order valence-electron chi connectivity index (χ2n) is 16.7. The van der Waals surface area contributed by atoms with Crippen LogP contribution < -0.4 is 16.4 Å². The van der Waals surface area contributed by atoms with Gasteiger partial charge in [-0.05, 0) is 69.7 Å². The van der Waals surface area contributed by atoms with Crippen molar-refractivity contribution in [2.75, 3.05) is 89.8 Å². The summed E-state index contributed by atoms with van der Waals surface area (Å²) < 4.78 is 10.6. The fraction of sp³-hybridized carbons (Fsp3) is 0.775. The van der Waals surface area contributed by atoms with E-state index in [2.05, 4.69) is 62.1 Å². The number of ether oxygens (including phenoxy) is 2. The molecule has 312 valence electrons. The molecule has 4 saturated heterocycles. The molecule has 15 heteroatoms. The van der Waals surface area contributed by atoms with Gasteiger partial charge in [-0.2, -0.15) is 0 Å². The molecule has 13 nitrogen and oxygen atoms in total. The minimum atomic E-state index is -0.130. The Morgan fingerprint density at radius 3 is 1.65 bits per heavy atom. The van der Waals surface area contributed by atoms with E-state index in [0.29, 0.717) is 55.6 Å². The summed E-state index contributed by atoms with van der Waals surface area (Å²) in [6, 6.07) is -0.130. The van der Waals surface area contributed by atoms with Crippen molar-refractivity contribution in [3.8, 4) is 0 Å². The van der Waals surface area contributed by atoms with Crippen LogP contribution in [-0.2, 0) is 29.9 Å². The third-order valence-electron chi connectivity index (χ3n) is 10.1. The van der Waals surface area contributed by atoms with Gasteiger partial charge in [-0.15, -0.1) is 22.7 Å². The number of urea groups is 1. The highest BCUT2D eigenvalue weighted by Crippen LogP contribution is 2.34. The molecule has 0 aromatic carbocycles. The molecule has 2 aromatic rings. The smallest absolute Gasteiger partial charge is 0.323 e. The molecule has 2 aromatic heterocycles. The van der Waals surface area contributed by atoms with Gasteiger partial charge in [0.25, 0.3) is 0 Å². The van der Waals surface area contributed by atoms with Crippen LogP contribution in [0.4, 0.5) is 15.1 Å². The van der Waals surface area contributed by atoms with Crippen LogP contribution in [0.15, 0.2) is 0 Å². The number of hydrogen-bond acceptors (Lipinski definition) is 11. The zero-order valence-corrected chi connectivity index (χ0v) is 35.7. The molecule has 6 heterocycles. The van der Waals surface area contributed by atoms with Gasteiger partial charge in [-0.1, -0.05) is 49.0 Å². The van der Waals surface area contributed by atoms with Crippen molar-refractivity contribution < 1.29 is 23.9 Å². The predicted octanol–water partition coefficient (Wildman–Crippen LogP) is 6.44. The first-order valence-electron chi connectivity index (χ1n) is 19.8. The van der Waals surface area contributed by atoms with Crippen LogP contribution in [0.5, 0.6) is 0 Å². The average Bonchev–Trinajstić information content (AvgIpc) is 3.43. The number of carbonyl (C=O) groups excluding carboxylic acids is 3. The molecule has 55 heavy (non-hydrogen) atoms. The van der Waals surface area contributed by atoms with Crippen molar-refractivity contribution >= 4 is 50.8 Å². The number of nitrogen functional groups attached to an aromatic ring is 1. The predicted molar refractivity (Wildman–Crippen MR) is 225 cm³/mol. The van der Waals surface area contributed by atoms with Gasteiger partial charge in [0, 0.05) is 93.8 Å². The van der Waals surface area contributed by atoms with E-state index in [0.717, 1.165) is 89.3 Å². The maximum absolute atomic E-state index is 12.8.